The van der Waals surface area contributed by atoms with Gasteiger partial charge in [-0.2, -0.15) is 0 Å². The van der Waals surface area contributed by atoms with Gasteiger partial charge < -0.3 is 10.6 Å². The van der Waals surface area contributed by atoms with Crippen LogP contribution in [0.25, 0.3) is 0 Å². The second-order valence-corrected chi connectivity index (χ2v) is 6.13. The van der Waals surface area contributed by atoms with Gasteiger partial charge in [0, 0.05) is 13.0 Å². The van der Waals surface area contributed by atoms with E-state index in [2.05, 4.69) is 24.5 Å². The van der Waals surface area contributed by atoms with E-state index in [0.717, 1.165) is 6.42 Å². The van der Waals surface area contributed by atoms with E-state index in [9.17, 15) is 9.59 Å². The minimum Gasteiger partial charge on any atom is -0.352 e. The first-order valence-electron chi connectivity index (χ1n) is 7.57. The lowest BCUT2D eigenvalue weighted by Crippen LogP contribution is -2.28. The molecule has 0 atom stereocenters. The van der Waals surface area contributed by atoms with Gasteiger partial charge in [-0.15, -0.1) is 0 Å². The van der Waals surface area contributed by atoms with Crippen molar-refractivity contribution in [3.05, 3.63) is 29.8 Å². The van der Waals surface area contributed by atoms with Gasteiger partial charge in [-0.3, -0.25) is 9.59 Å². The van der Waals surface area contributed by atoms with Crippen molar-refractivity contribution in [2.24, 2.45) is 11.8 Å². The number of carbonyl (C=O) groups is 2. The largest absolute Gasteiger partial charge is 0.352 e. The average Bonchev–Trinajstić information content (AvgIpc) is 2.43. The number of hydrogen-bond donors (Lipinski definition) is 2. The Morgan fingerprint density at radius 3 is 2.33 bits per heavy atom. The molecular formula is C17H26N2O2. The van der Waals surface area contributed by atoms with Crippen molar-refractivity contribution in [2.75, 3.05) is 11.9 Å². The van der Waals surface area contributed by atoms with Gasteiger partial charge in [0.1, 0.15) is 0 Å². The monoisotopic (exact) mass is 290 g/mol. The van der Waals surface area contributed by atoms with Crippen LogP contribution in [0.4, 0.5) is 5.69 Å². The fraction of sp³-hybridized carbons (Fsp3) is 0.529. The zero-order valence-electron chi connectivity index (χ0n) is 13.4. The van der Waals surface area contributed by atoms with E-state index in [1.165, 1.54) is 0 Å². The van der Waals surface area contributed by atoms with Crippen molar-refractivity contribution >= 4 is 17.5 Å². The maximum atomic E-state index is 12.2. The van der Waals surface area contributed by atoms with Crippen LogP contribution in [-0.4, -0.2) is 18.4 Å². The topological polar surface area (TPSA) is 58.2 Å². The molecule has 4 heteroatoms. The molecule has 0 aromatic heterocycles. The van der Waals surface area contributed by atoms with Crippen LogP contribution in [0.15, 0.2) is 24.3 Å². The normalized spacial score (nSPS) is 10.8. The van der Waals surface area contributed by atoms with E-state index >= 15 is 0 Å². The number of benzene rings is 1. The molecule has 0 spiro atoms. The number of rotatable bonds is 7. The highest BCUT2D eigenvalue weighted by Crippen LogP contribution is 2.16. The first-order chi connectivity index (χ1) is 9.90. The van der Waals surface area contributed by atoms with E-state index in [0.29, 0.717) is 36.1 Å². The van der Waals surface area contributed by atoms with E-state index in [-0.39, 0.29) is 11.8 Å². The summed E-state index contributed by atoms with van der Waals surface area (Å²) in [6.45, 7) is 8.87. The van der Waals surface area contributed by atoms with Gasteiger partial charge in [0.15, 0.2) is 0 Å². The van der Waals surface area contributed by atoms with E-state index in [1.54, 1.807) is 18.2 Å². The van der Waals surface area contributed by atoms with Crippen LogP contribution in [0.2, 0.25) is 0 Å². The van der Waals surface area contributed by atoms with Gasteiger partial charge in [0.05, 0.1) is 11.3 Å². The summed E-state index contributed by atoms with van der Waals surface area (Å²) in [6.07, 6.45) is 1.31. The van der Waals surface area contributed by atoms with Gasteiger partial charge in [0.25, 0.3) is 5.91 Å². The van der Waals surface area contributed by atoms with Crippen LogP contribution in [0, 0.1) is 11.8 Å². The molecule has 0 unspecified atom stereocenters. The lowest BCUT2D eigenvalue weighted by atomic mass is 10.1. The molecule has 21 heavy (non-hydrogen) atoms. The van der Waals surface area contributed by atoms with Crippen molar-refractivity contribution < 1.29 is 9.59 Å². The summed E-state index contributed by atoms with van der Waals surface area (Å²) in [5.74, 6) is 0.679. The van der Waals surface area contributed by atoms with Gasteiger partial charge in [-0.05, 0) is 30.4 Å². The minimum absolute atomic E-state index is 0.0483. The Kier molecular flexibility index (Phi) is 6.92. The van der Waals surface area contributed by atoms with Crippen LogP contribution in [-0.2, 0) is 4.79 Å². The molecule has 0 bridgehead atoms. The Balaban J connectivity index is 2.70. The van der Waals surface area contributed by atoms with Crippen molar-refractivity contribution in [2.45, 2.75) is 40.5 Å². The Labute approximate surface area is 127 Å². The lowest BCUT2D eigenvalue weighted by Gasteiger charge is -2.13. The molecule has 0 aliphatic heterocycles. The zero-order chi connectivity index (χ0) is 15.8. The Hall–Kier alpha value is -1.84. The maximum Gasteiger partial charge on any atom is 0.253 e. The third kappa shape index (κ3) is 6.43. The summed E-state index contributed by atoms with van der Waals surface area (Å²) in [5.41, 5.74) is 1.09. The van der Waals surface area contributed by atoms with Gasteiger partial charge in [0.2, 0.25) is 5.91 Å². The third-order valence-corrected chi connectivity index (χ3v) is 3.07. The first-order valence-corrected chi connectivity index (χ1v) is 7.57. The molecule has 0 saturated carbocycles. The fourth-order valence-corrected chi connectivity index (χ4v) is 1.81. The highest BCUT2D eigenvalue weighted by atomic mass is 16.2. The van der Waals surface area contributed by atoms with Gasteiger partial charge in [-0.25, -0.2) is 0 Å². The van der Waals surface area contributed by atoms with Crippen molar-refractivity contribution in [1.29, 1.82) is 0 Å². The molecular weight excluding hydrogens is 264 g/mol. The molecule has 2 N–H and O–H groups in total. The standard InChI is InChI=1S/C17H26N2O2/c1-12(2)9-10-16(20)19-15-8-6-5-7-14(15)17(21)18-11-13(3)4/h5-8,12-13H,9-11H2,1-4H3,(H,18,21)(H,19,20). The number of amides is 2. The van der Waals surface area contributed by atoms with Crippen LogP contribution in [0.1, 0.15) is 50.9 Å². The second-order valence-electron chi connectivity index (χ2n) is 6.13. The Bertz CT molecular complexity index is 481. The number of para-hydroxylation sites is 1. The van der Waals surface area contributed by atoms with Crippen molar-refractivity contribution in [1.82, 2.24) is 5.32 Å². The predicted octanol–water partition coefficient (Wildman–Crippen LogP) is 3.45. The number of anilines is 1. The number of nitrogens with one attached hydrogen (secondary N) is 2. The Morgan fingerprint density at radius 2 is 1.71 bits per heavy atom. The van der Waals surface area contributed by atoms with E-state index < -0.39 is 0 Å². The van der Waals surface area contributed by atoms with Crippen molar-refractivity contribution in [3.8, 4) is 0 Å². The summed E-state index contributed by atoms with van der Waals surface area (Å²) in [7, 11) is 0. The lowest BCUT2D eigenvalue weighted by molar-refractivity contribution is -0.116. The second kappa shape index (κ2) is 8.45. The van der Waals surface area contributed by atoms with E-state index in [4.69, 9.17) is 0 Å². The molecule has 0 fully saturated rings. The highest BCUT2D eigenvalue weighted by molar-refractivity contribution is 6.03. The smallest absolute Gasteiger partial charge is 0.253 e. The maximum absolute atomic E-state index is 12.2. The summed E-state index contributed by atoms with van der Waals surface area (Å²) in [5, 5.41) is 5.71. The highest BCUT2D eigenvalue weighted by Gasteiger charge is 2.13. The molecule has 4 nitrogen and oxygen atoms in total. The van der Waals surface area contributed by atoms with Crippen LogP contribution < -0.4 is 10.6 Å². The van der Waals surface area contributed by atoms with Gasteiger partial charge in [-0.1, -0.05) is 39.8 Å². The van der Waals surface area contributed by atoms with Gasteiger partial charge >= 0.3 is 0 Å². The summed E-state index contributed by atoms with van der Waals surface area (Å²) in [4.78, 5) is 24.1. The Morgan fingerprint density at radius 1 is 1.05 bits per heavy atom. The van der Waals surface area contributed by atoms with Crippen LogP contribution in [0.3, 0.4) is 0 Å². The molecule has 0 radical (unpaired) electrons. The SMILES string of the molecule is CC(C)CCC(=O)Nc1ccccc1C(=O)NCC(C)C. The fourth-order valence-electron chi connectivity index (χ4n) is 1.81. The summed E-state index contributed by atoms with van der Waals surface area (Å²) in [6, 6.07) is 7.11. The predicted molar refractivity (Wildman–Crippen MR) is 86.3 cm³/mol. The zero-order valence-corrected chi connectivity index (χ0v) is 13.4. The van der Waals surface area contributed by atoms with Crippen molar-refractivity contribution in [3.63, 3.8) is 0 Å². The molecule has 2 amide bonds. The minimum atomic E-state index is -0.150. The van der Waals surface area contributed by atoms with Crippen LogP contribution in [0.5, 0.6) is 0 Å². The molecule has 0 aliphatic carbocycles. The summed E-state index contributed by atoms with van der Waals surface area (Å²) < 4.78 is 0. The molecule has 0 heterocycles. The number of carbonyl (C=O) groups excluding carboxylic acids is 2. The molecule has 1 rings (SSSR count). The third-order valence-electron chi connectivity index (χ3n) is 3.07. The molecule has 1 aromatic rings. The molecule has 0 saturated heterocycles. The summed E-state index contributed by atoms with van der Waals surface area (Å²) >= 11 is 0. The molecule has 116 valence electrons. The van der Waals surface area contributed by atoms with Crippen LogP contribution >= 0.6 is 0 Å². The average molecular weight is 290 g/mol. The van der Waals surface area contributed by atoms with E-state index in [1.807, 2.05) is 19.9 Å². The number of hydrogen-bond acceptors (Lipinski definition) is 2. The first kappa shape index (κ1) is 17.2. The molecule has 1 aromatic carbocycles. The quantitative estimate of drug-likeness (QED) is 0.808. The molecule has 0 aliphatic rings.